The van der Waals surface area contributed by atoms with Gasteiger partial charge in [-0.2, -0.15) is 0 Å². The minimum absolute atomic E-state index is 0.0534. The van der Waals surface area contributed by atoms with Crippen molar-refractivity contribution in [3.63, 3.8) is 0 Å². The van der Waals surface area contributed by atoms with E-state index in [0.717, 1.165) is 22.2 Å². The average Bonchev–Trinajstić information content (AvgIpc) is 3.45. The molecule has 1 fully saturated rings. The summed E-state index contributed by atoms with van der Waals surface area (Å²) in [6.45, 7) is 0.497. The second kappa shape index (κ2) is 5.80. The Morgan fingerprint density at radius 1 is 1.13 bits per heavy atom. The smallest absolute Gasteiger partial charge is 0.252 e. The molecule has 0 radical (unpaired) electrons. The molecule has 1 aliphatic carbocycles. The quantitative estimate of drug-likeness (QED) is 0.803. The van der Waals surface area contributed by atoms with E-state index in [-0.39, 0.29) is 5.91 Å². The SMILES string of the molecule is O=C(NCc1ccncc1)c1cc(C2CC2)nc2ccccc12. The molecule has 1 amide bonds. The van der Waals surface area contributed by atoms with Gasteiger partial charge in [-0.15, -0.1) is 0 Å². The van der Waals surface area contributed by atoms with Crippen LogP contribution in [0, 0.1) is 0 Å². The maximum absolute atomic E-state index is 12.7. The lowest BCUT2D eigenvalue weighted by atomic mass is 10.1. The van der Waals surface area contributed by atoms with Gasteiger partial charge in [0.1, 0.15) is 0 Å². The number of nitrogens with zero attached hydrogens (tertiary/aromatic N) is 2. The molecule has 1 saturated carbocycles. The lowest BCUT2D eigenvalue weighted by molar-refractivity contribution is 0.0952. The van der Waals surface area contributed by atoms with E-state index in [1.54, 1.807) is 12.4 Å². The highest BCUT2D eigenvalue weighted by Crippen LogP contribution is 2.40. The van der Waals surface area contributed by atoms with E-state index >= 15 is 0 Å². The van der Waals surface area contributed by atoms with Crippen LogP contribution >= 0.6 is 0 Å². The van der Waals surface area contributed by atoms with Crippen LogP contribution in [-0.4, -0.2) is 15.9 Å². The van der Waals surface area contributed by atoms with Crippen molar-refractivity contribution in [1.29, 1.82) is 0 Å². The predicted octanol–water partition coefficient (Wildman–Crippen LogP) is 3.44. The topological polar surface area (TPSA) is 54.9 Å². The third-order valence-corrected chi connectivity index (χ3v) is 4.18. The Kier molecular flexibility index (Phi) is 3.50. The molecule has 4 heteroatoms. The average molecular weight is 303 g/mol. The second-order valence-corrected chi connectivity index (χ2v) is 5.92. The van der Waals surface area contributed by atoms with Gasteiger partial charge in [0.25, 0.3) is 5.91 Å². The highest BCUT2D eigenvalue weighted by Gasteiger charge is 2.26. The Morgan fingerprint density at radius 3 is 2.70 bits per heavy atom. The summed E-state index contributed by atoms with van der Waals surface area (Å²) in [5.41, 5.74) is 3.68. The van der Waals surface area contributed by atoms with E-state index in [9.17, 15) is 4.79 Å². The lowest BCUT2D eigenvalue weighted by Gasteiger charge is -2.10. The van der Waals surface area contributed by atoms with Crippen LogP contribution < -0.4 is 5.32 Å². The third-order valence-electron chi connectivity index (χ3n) is 4.18. The Balaban J connectivity index is 1.65. The number of hydrogen-bond donors (Lipinski definition) is 1. The summed E-state index contributed by atoms with van der Waals surface area (Å²) < 4.78 is 0. The molecule has 0 bridgehead atoms. The first-order valence-electron chi connectivity index (χ1n) is 7.88. The summed E-state index contributed by atoms with van der Waals surface area (Å²) in [7, 11) is 0. The zero-order valence-corrected chi connectivity index (χ0v) is 12.7. The van der Waals surface area contributed by atoms with Crippen LogP contribution in [0.4, 0.5) is 0 Å². The third kappa shape index (κ3) is 2.93. The van der Waals surface area contributed by atoms with E-state index in [1.807, 2.05) is 42.5 Å². The van der Waals surface area contributed by atoms with E-state index in [1.165, 1.54) is 12.8 Å². The first-order valence-corrected chi connectivity index (χ1v) is 7.88. The van der Waals surface area contributed by atoms with Crippen LogP contribution in [0.25, 0.3) is 10.9 Å². The van der Waals surface area contributed by atoms with Gasteiger partial charge in [0.05, 0.1) is 11.1 Å². The molecule has 0 unspecified atom stereocenters. The summed E-state index contributed by atoms with van der Waals surface area (Å²) >= 11 is 0. The van der Waals surface area contributed by atoms with Gasteiger partial charge in [-0.25, -0.2) is 0 Å². The molecular formula is C19H17N3O. The summed E-state index contributed by atoms with van der Waals surface area (Å²) in [4.78, 5) is 21.4. The molecule has 4 nitrogen and oxygen atoms in total. The number of hydrogen-bond acceptors (Lipinski definition) is 3. The maximum Gasteiger partial charge on any atom is 0.252 e. The Bertz CT molecular complexity index is 857. The summed E-state index contributed by atoms with van der Waals surface area (Å²) in [6.07, 6.45) is 5.80. The van der Waals surface area contributed by atoms with Gasteiger partial charge < -0.3 is 5.32 Å². The van der Waals surface area contributed by atoms with Crippen LogP contribution in [0.3, 0.4) is 0 Å². The fourth-order valence-corrected chi connectivity index (χ4v) is 2.75. The molecular weight excluding hydrogens is 286 g/mol. The fourth-order valence-electron chi connectivity index (χ4n) is 2.75. The first-order chi connectivity index (χ1) is 11.3. The first kappa shape index (κ1) is 13.9. The Labute approximate surface area is 134 Å². The van der Waals surface area contributed by atoms with Crippen LogP contribution in [0.2, 0.25) is 0 Å². The molecule has 0 spiro atoms. The molecule has 3 aromatic rings. The van der Waals surface area contributed by atoms with Gasteiger partial charge in [0, 0.05) is 35.9 Å². The number of pyridine rings is 2. The van der Waals surface area contributed by atoms with Crippen molar-refractivity contribution in [2.75, 3.05) is 0 Å². The molecule has 1 N–H and O–H groups in total. The normalized spacial score (nSPS) is 13.9. The van der Waals surface area contributed by atoms with Gasteiger partial charge in [0.2, 0.25) is 0 Å². The number of benzene rings is 1. The summed E-state index contributed by atoms with van der Waals surface area (Å²) in [5, 5.41) is 3.91. The maximum atomic E-state index is 12.7. The van der Waals surface area contributed by atoms with Gasteiger partial charge in [0.15, 0.2) is 0 Å². The van der Waals surface area contributed by atoms with Crippen molar-refractivity contribution in [2.45, 2.75) is 25.3 Å². The largest absolute Gasteiger partial charge is 0.348 e. The Hall–Kier alpha value is -2.75. The van der Waals surface area contributed by atoms with E-state index in [2.05, 4.69) is 10.3 Å². The van der Waals surface area contributed by atoms with Gasteiger partial charge >= 0.3 is 0 Å². The summed E-state index contributed by atoms with van der Waals surface area (Å²) in [5.74, 6) is 0.466. The fraction of sp³-hybridized carbons (Fsp3) is 0.211. The highest BCUT2D eigenvalue weighted by molar-refractivity contribution is 6.06. The van der Waals surface area contributed by atoms with Crippen molar-refractivity contribution in [1.82, 2.24) is 15.3 Å². The van der Waals surface area contributed by atoms with Crippen LogP contribution in [-0.2, 0) is 6.54 Å². The number of aromatic nitrogens is 2. The number of rotatable bonds is 4. The van der Waals surface area contributed by atoms with Gasteiger partial charge in [-0.05, 0) is 42.7 Å². The molecule has 2 heterocycles. The van der Waals surface area contributed by atoms with Crippen molar-refractivity contribution in [2.24, 2.45) is 0 Å². The minimum Gasteiger partial charge on any atom is -0.348 e. The summed E-state index contributed by atoms with van der Waals surface area (Å²) in [6, 6.07) is 13.6. The molecule has 2 aromatic heterocycles. The van der Waals surface area contributed by atoms with E-state index in [0.29, 0.717) is 18.0 Å². The molecule has 23 heavy (non-hydrogen) atoms. The molecule has 0 aliphatic heterocycles. The highest BCUT2D eigenvalue weighted by atomic mass is 16.1. The van der Waals surface area contributed by atoms with Crippen molar-refractivity contribution < 1.29 is 4.79 Å². The molecule has 0 saturated heterocycles. The second-order valence-electron chi connectivity index (χ2n) is 5.92. The van der Waals surface area contributed by atoms with Crippen molar-refractivity contribution in [3.05, 3.63) is 71.7 Å². The molecule has 0 atom stereocenters. The molecule has 1 aromatic carbocycles. The number of carbonyl (C=O) groups excluding carboxylic acids is 1. The zero-order chi connectivity index (χ0) is 15.6. The predicted molar refractivity (Wildman–Crippen MR) is 89.1 cm³/mol. The number of fused-ring (bicyclic) bond motifs is 1. The number of amides is 1. The van der Waals surface area contributed by atoms with Crippen LogP contribution in [0.1, 0.15) is 40.4 Å². The van der Waals surface area contributed by atoms with Crippen LogP contribution in [0.15, 0.2) is 54.9 Å². The van der Waals surface area contributed by atoms with Crippen molar-refractivity contribution >= 4 is 16.8 Å². The number of nitrogens with one attached hydrogen (secondary N) is 1. The van der Waals surface area contributed by atoms with Crippen molar-refractivity contribution in [3.8, 4) is 0 Å². The molecule has 4 rings (SSSR count). The van der Waals surface area contributed by atoms with E-state index < -0.39 is 0 Å². The lowest BCUT2D eigenvalue weighted by Crippen LogP contribution is -2.23. The molecule has 1 aliphatic rings. The van der Waals surface area contributed by atoms with Gasteiger partial charge in [-0.1, -0.05) is 18.2 Å². The molecule has 114 valence electrons. The number of carbonyl (C=O) groups is 1. The number of para-hydroxylation sites is 1. The minimum atomic E-state index is -0.0534. The Morgan fingerprint density at radius 2 is 1.91 bits per heavy atom. The van der Waals surface area contributed by atoms with Gasteiger partial charge in [-0.3, -0.25) is 14.8 Å². The standard InChI is InChI=1S/C19H17N3O/c23-19(21-12-13-7-9-20-10-8-13)16-11-18(14-5-6-14)22-17-4-2-1-3-15(16)17/h1-4,7-11,14H,5-6,12H2,(H,21,23). The van der Waals surface area contributed by atoms with E-state index in [4.69, 9.17) is 4.98 Å². The van der Waals surface area contributed by atoms with Crippen LogP contribution in [0.5, 0.6) is 0 Å². The zero-order valence-electron chi connectivity index (χ0n) is 12.7. The monoisotopic (exact) mass is 303 g/mol.